The molecule has 4 N–H and O–H groups in total. The molecule has 124 valence electrons. The standard InChI is InChI=1S/C12H17F3N4O2S/c1-17-11(18-6-5-12(13,14)15)19-8-9-3-2-4-10(7-9)22(16,20)21/h2-4,7H,5-6,8H2,1H3,(H2,16,20,21)(H2,17,18,19). The number of hydrogen-bond donors (Lipinski definition) is 3. The van der Waals surface area contributed by atoms with Crippen LogP contribution in [0.5, 0.6) is 0 Å². The van der Waals surface area contributed by atoms with Crippen LogP contribution in [-0.2, 0) is 16.6 Å². The summed E-state index contributed by atoms with van der Waals surface area (Å²) in [5.41, 5.74) is 0.602. The second kappa shape index (κ2) is 7.45. The summed E-state index contributed by atoms with van der Waals surface area (Å²) in [4.78, 5) is 3.74. The van der Waals surface area contributed by atoms with Gasteiger partial charge in [-0.1, -0.05) is 12.1 Å². The van der Waals surface area contributed by atoms with Crippen molar-refractivity contribution in [2.45, 2.75) is 24.0 Å². The van der Waals surface area contributed by atoms with Crippen LogP contribution in [0.15, 0.2) is 34.2 Å². The van der Waals surface area contributed by atoms with E-state index >= 15 is 0 Å². The van der Waals surface area contributed by atoms with Gasteiger partial charge in [-0.05, 0) is 17.7 Å². The van der Waals surface area contributed by atoms with Crippen molar-refractivity contribution in [3.05, 3.63) is 29.8 Å². The minimum atomic E-state index is -4.24. The lowest BCUT2D eigenvalue weighted by atomic mass is 10.2. The van der Waals surface area contributed by atoms with E-state index in [0.29, 0.717) is 5.56 Å². The van der Waals surface area contributed by atoms with Gasteiger partial charge in [0.2, 0.25) is 10.0 Å². The van der Waals surface area contributed by atoms with Crippen molar-refractivity contribution in [3.8, 4) is 0 Å². The predicted octanol–water partition coefficient (Wildman–Crippen LogP) is 0.951. The third-order valence-corrected chi connectivity index (χ3v) is 3.52. The van der Waals surface area contributed by atoms with Gasteiger partial charge in [-0.25, -0.2) is 13.6 Å². The molecule has 0 radical (unpaired) electrons. The molecule has 0 atom stereocenters. The van der Waals surface area contributed by atoms with Gasteiger partial charge >= 0.3 is 6.18 Å². The highest BCUT2D eigenvalue weighted by atomic mass is 32.2. The van der Waals surface area contributed by atoms with Gasteiger partial charge < -0.3 is 10.6 Å². The Hall–Kier alpha value is -1.81. The first-order valence-corrected chi connectivity index (χ1v) is 7.79. The second-order valence-corrected chi connectivity index (χ2v) is 5.97. The summed E-state index contributed by atoms with van der Waals surface area (Å²) in [6, 6.07) is 5.92. The molecule has 0 bridgehead atoms. The maximum absolute atomic E-state index is 12.0. The van der Waals surface area contributed by atoms with E-state index in [-0.39, 0.29) is 23.9 Å². The third-order valence-electron chi connectivity index (χ3n) is 2.61. The minimum Gasteiger partial charge on any atom is -0.356 e. The zero-order valence-corrected chi connectivity index (χ0v) is 12.6. The average molecular weight is 338 g/mol. The molecule has 0 aliphatic carbocycles. The maximum atomic E-state index is 12.0. The Balaban J connectivity index is 2.57. The van der Waals surface area contributed by atoms with Crippen molar-refractivity contribution in [2.24, 2.45) is 10.1 Å². The van der Waals surface area contributed by atoms with E-state index in [2.05, 4.69) is 15.6 Å². The fraction of sp³-hybridized carbons (Fsp3) is 0.417. The number of rotatable bonds is 5. The van der Waals surface area contributed by atoms with Crippen LogP contribution < -0.4 is 15.8 Å². The van der Waals surface area contributed by atoms with Crippen LogP contribution in [0.3, 0.4) is 0 Å². The molecule has 1 aromatic carbocycles. The van der Waals surface area contributed by atoms with E-state index in [1.807, 2.05) is 0 Å². The Morgan fingerprint density at radius 3 is 2.55 bits per heavy atom. The Bertz CT molecular complexity index is 630. The van der Waals surface area contributed by atoms with Crippen LogP contribution in [0.2, 0.25) is 0 Å². The number of sulfonamides is 1. The molecule has 0 aliphatic heterocycles. The highest BCUT2D eigenvalue weighted by molar-refractivity contribution is 7.89. The Kier molecular flexibility index (Phi) is 6.18. The summed E-state index contributed by atoms with van der Waals surface area (Å²) in [6.45, 7) is -0.116. The van der Waals surface area contributed by atoms with Gasteiger partial charge in [-0.15, -0.1) is 0 Å². The Labute approximate surface area is 126 Å². The third kappa shape index (κ3) is 6.76. The molecule has 22 heavy (non-hydrogen) atoms. The topological polar surface area (TPSA) is 96.6 Å². The molecule has 1 rings (SSSR count). The first kappa shape index (κ1) is 18.2. The number of nitrogens with one attached hydrogen (secondary N) is 2. The summed E-state index contributed by atoms with van der Waals surface area (Å²) >= 11 is 0. The summed E-state index contributed by atoms with van der Waals surface area (Å²) < 4.78 is 58.6. The molecule has 0 heterocycles. The molecule has 0 saturated heterocycles. The van der Waals surface area contributed by atoms with Gasteiger partial charge in [0.05, 0.1) is 11.3 Å². The average Bonchev–Trinajstić information content (AvgIpc) is 2.40. The highest BCUT2D eigenvalue weighted by Gasteiger charge is 2.26. The van der Waals surface area contributed by atoms with Gasteiger partial charge in [0, 0.05) is 20.1 Å². The summed E-state index contributed by atoms with van der Waals surface area (Å²) in [5.74, 6) is 0.185. The number of alkyl halides is 3. The lowest BCUT2D eigenvalue weighted by molar-refractivity contribution is -0.132. The van der Waals surface area contributed by atoms with E-state index in [0.717, 1.165) is 0 Å². The first-order valence-electron chi connectivity index (χ1n) is 6.25. The molecule has 0 unspecified atom stereocenters. The van der Waals surface area contributed by atoms with Gasteiger partial charge in [-0.2, -0.15) is 13.2 Å². The molecule has 10 heteroatoms. The number of guanidine groups is 1. The molecule has 0 amide bonds. The van der Waals surface area contributed by atoms with Crippen LogP contribution >= 0.6 is 0 Å². The maximum Gasteiger partial charge on any atom is 0.390 e. The van der Waals surface area contributed by atoms with Crippen LogP contribution in [0, 0.1) is 0 Å². The van der Waals surface area contributed by atoms with E-state index < -0.39 is 22.6 Å². The van der Waals surface area contributed by atoms with E-state index in [1.165, 1.54) is 25.2 Å². The molecule has 0 aromatic heterocycles. The summed E-state index contributed by atoms with van der Waals surface area (Å²) in [5, 5.41) is 10.3. The molecular weight excluding hydrogens is 321 g/mol. The number of nitrogens with zero attached hydrogens (tertiary/aromatic N) is 1. The lowest BCUT2D eigenvalue weighted by Crippen LogP contribution is -2.38. The zero-order chi connectivity index (χ0) is 16.8. The van der Waals surface area contributed by atoms with E-state index in [4.69, 9.17) is 5.14 Å². The summed E-state index contributed by atoms with van der Waals surface area (Å²) in [6.07, 6.45) is -5.22. The monoisotopic (exact) mass is 338 g/mol. The summed E-state index contributed by atoms with van der Waals surface area (Å²) in [7, 11) is -2.38. The first-order chi connectivity index (χ1) is 10.1. The number of nitrogens with two attached hydrogens (primary N) is 1. The van der Waals surface area contributed by atoms with Crippen LogP contribution in [0.4, 0.5) is 13.2 Å². The smallest absolute Gasteiger partial charge is 0.356 e. The number of hydrogen-bond acceptors (Lipinski definition) is 3. The largest absolute Gasteiger partial charge is 0.390 e. The van der Waals surface area contributed by atoms with Crippen molar-refractivity contribution >= 4 is 16.0 Å². The molecular formula is C12H17F3N4O2S. The van der Waals surface area contributed by atoms with Crippen LogP contribution in [0.25, 0.3) is 0 Å². The van der Waals surface area contributed by atoms with E-state index in [1.54, 1.807) is 6.07 Å². The number of aliphatic imine (C=N–C) groups is 1. The highest BCUT2D eigenvalue weighted by Crippen LogP contribution is 2.18. The Morgan fingerprint density at radius 1 is 1.32 bits per heavy atom. The normalized spacial score (nSPS) is 13.0. The Morgan fingerprint density at radius 2 is 2.00 bits per heavy atom. The fourth-order valence-corrected chi connectivity index (χ4v) is 2.15. The zero-order valence-electron chi connectivity index (χ0n) is 11.8. The number of halogens is 3. The van der Waals surface area contributed by atoms with Gasteiger partial charge in [0.1, 0.15) is 0 Å². The van der Waals surface area contributed by atoms with Crippen molar-refractivity contribution in [2.75, 3.05) is 13.6 Å². The molecule has 0 saturated carbocycles. The van der Waals surface area contributed by atoms with Gasteiger partial charge in [0.25, 0.3) is 0 Å². The second-order valence-electron chi connectivity index (χ2n) is 4.41. The quantitative estimate of drug-likeness (QED) is 0.550. The predicted molar refractivity (Wildman–Crippen MR) is 76.7 cm³/mol. The molecule has 6 nitrogen and oxygen atoms in total. The number of primary sulfonamides is 1. The fourth-order valence-electron chi connectivity index (χ4n) is 1.56. The molecule has 0 aliphatic rings. The minimum absolute atomic E-state index is 0.0354. The van der Waals surface area contributed by atoms with Gasteiger partial charge in [-0.3, -0.25) is 4.99 Å². The van der Waals surface area contributed by atoms with Crippen LogP contribution in [-0.4, -0.2) is 34.1 Å². The lowest BCUT2D eigenvalue weighted by Gasteiger charge is -2.13. The molecule has 1 aromatic rings. The van der Waals surface area contributed by atoms with Crippen molar-refractivity contribution in [1.29, 1.82) is 0 Å². The van der Waals surface area contributed by atoms with Gasteiger partial charge in [0.15, 0.2) is 5.96 Å². The van der Waals surface area contributed by atoms with Crippen molar-refractivity contribution < 1.29 is 21.6 Å². The van der Waals surface area contributed by atoms with Crippen molar-refractivity contribution in [3.63, 3.8) is 0 Å². The van der Waals surface area contributed by atoms with Crippen LogP contribution in [0.1, 0.15) is 12.0 Å². The number of benzene rings is 1. The SMILES string of the molecule is CN=C(NCCC(F)(F)F)NCc1cccc(S(N)(=O)=O)c1. The van der Waals surface area contributed by atoms with E-state index in [9.17, 15) is 21.6 Å². The van der Waals surface area contributed by atoms with Crippen molar-refractivity contribution in [1.82, 2.24) is 10.6 Å². The molecule has 0 spiro atoms. The molecule has 0 fully saturated rings.